The largest absolute Gasteiger partial charge is 0.385 e. The molecule has 1 N–H and O–H groups in total. The second-order valence-electron chi connectivity index (χ2n) is 6.45. The zero-order valence-corrected chi connectivity index (χ0v) is 18.0. The Hall–Kier alpha value is -1.56. The Morgan fingerprint density at radius 1 is 1.19 bits per heavy atom. The third kappa shape index (κ3) is 9.80. The summed E-state index contributed by atoms with van der Waals surface area (Å²) in [6, 6.07) is 8.96. The minimum atomic E-state index is 0.579. The molecule has 0 radical (unpaired) electrons. The number of aromatic nitrogens is 1. The van der Waals surface area contributed by atoms with Gasteiger partial charge in [0.2, 0.25) is 0 Å². The van der Waals surface area contributed by atoms with Crippen LogP contribution in [0.2, 0.25) is 0 Å². The molecule has 0 bridgehead atoms. The molecule has 2 aromatic rings. The Bertz CT molecular complexity index is 654. The number of nitrogens with zero attached hydrogens (tertiary/aromatic N) is 1. The molecule has 0 fully saturated rings. The van der Waals surface area contributed by atoms with Gasteiger partial charge in [0.1, 0.15) is 10.7 Å². The number of aldehydes is 1. The van der Waals surface area contributed by atoms with Gasteiger partial charge in [-0.3, -0.25) is 4.79 Å². The predicted molar refractivity (Wildman–Crippen MR) is 115 cm³/mol. The van der Waals surface area contributed by atoms with Crippen molar-refractivity contribution < 1.29 is 9.53 Å². The van der Waals surface area contributed by atoms with Crippen LogP contribution in [-0.2, 0) is 24.1 Å². The molecule has 4 nitrogen and oxygen atoms in total. The lowest BCUT2D eigenvalue weighted by atomic mass is 10.0. The molecule has 5 heteroatoms. The number of methoxy groups -OCH3 is 1. The molecule has 27 heavy (non-hydrogen) atoms. The van der Waals surface area contributed by atoms with Crippen molar-refractivity contribution in [3.63, 3.8) is 0 Å². The van der Waals surface area contributed by atoms with Crippen LogP contribution in [0.3, 0.4) is 0 Å². The summed E-state index contributed by atoms with van der Waals surface area (Å²) in [6.07, 6.45) is 6.74. The van der Waals surface area contributed by atoms with Crippen LogP contribution in [0.5, 0.6) is 0 Å². The standard InChI is InChI=1S/C19H26N2OS.C3H8O/c1-3-4-7-16-8-5-9-17(12-16)10-6-11-20-13-19-21-18(14-22)15(2)23-19;1-3-4-2/h5,8-9,12,14,20H,3-4,6-7,10-11,13H2,1-2H3;3H2,1-2H3. The third-order valence-electron chi connectivity index (χ3n) is 4.18. The van der Waals surface area contributed by atoms with Crippen LogP contribution >= 0.6 is 11.3 Å². The second kappa shape index (κ2) is 14.5. The number of thiazole rings is 1. The molecule has 1 aromatic carbocycles. The van der Waals surface area contributed by atoms with Gasteiger partial charge in [0.15, 0.2) is 6.29 Å². The van der Waals surface area contributed by atoms with E-state index < -0.39 is 0 Å². The number of ether oxygens (including phenoxy) is 1. The summed E-state index contributed by atoms with van der Waals surface area (Å²) in [6.45, 7) is 8.66. The molecule has 0 aliphatic heterocycles. The molecule has 0 unspecified atom stereocenters. The first-order chi connectivity index (χ1) is 13.1. The fourth-order valence-corrected chi connectivity index (χ4v) is 3.45. The van der Waals surface area contributed by atoms with Crippen molar-refractivity contribution in [2.24, 2.45) is 0 Å². The minimum absolute atomic E-state index is 0.579. The van der Waals surface area contributed by atoms with Gasteiger partial charge >= 0.3 is 0 Å². The summed E-state index contributed by atoms with van der Waals surface area (Å²) in [5.74, 6) is 0. The second-order valence-corrected chi connectivity index (χ2v) is 7.74. The fraction of sp³-hybridized carbons (Fsp3) is 0.545. The number of hydrogen-bond acceptors (Lipinski definition) is 5. The maximum atomic E-state index is 10.8. The van der Waals surface area contributed by atoms with E-state index in [0.29, 0.717) is 5.69 Å². The lowest BCUT2D eigenvalue weighted by Crippen LogP contribution is -2.15. The van der Waals surface area contributed by atoms with E-state index >= 15 is 0 Å². The SMILES string of the molecule is CCCCc1cccc(CCCNCc2nc(C=O)c(C)s2)c1.CCOC. The Labute approximate surface area is 168 Å². The van der Waals surface area contributed by atoms with Gasteiger partial charge in [0.05, 0.1) is 0 Å². The summed E-state index contributed by atoms with van der Waals surface area (Å²) < 4.78 is 4.54. The smallest absolute Gasteiger partial charge is 0.169 e. The highest BCUT2D eigenvalue weighted by Gasteiger charge is 2.05. The van der Waals surface area contributed by atoms with Crippen molar-refractivity contribution in [1.82, 2.24) is 10.3 Å². The maximum absolute atomic E-state index is 10.8. The Balaban J connectivity index is 0.000000828. The zero-order valence-electron chi connectivity index (χ0n) is 17.2. The van der Waals surface area contributed by atoms with E-state index in [2.05, 4.69) is 46.2 Å². The van der Waals surface area contributed by atoms with Crippen LogP contribution in [0.4, 0.5) is 0 Å². The molecule has 1 aromatic heterocycles. The highest BCUT2D eigenvalue weighted by atomic mass is 32.1. The Kier molecular flexibility index (Phi) is 12.6. The van der Waals surface area contributed by atoms with Crippen LogP contribution in [0.1, 0.15) is 64.6 Å². The van der Waals surface area contributed by atoms with E-state index in [-0.39, 0.29) is 0 Å². The summed E-state index contributed by atoms with van der Waals surface area (Å²) in [5, 5.41) is 4.41. The van der Waals surface area contributed by atoms with E-state index in [9.17, 15) is 4.79 Å². The van der Waals surface area contributed by atoms with Crippen LogP contribution in [0.15, 0.2) is 24.3 Å². The average Bonchev–Trinajstić information content (AvgIpc) is 3.06. The van der Waals surface area contributed by atoms with Crippen molar-refractivity contribution in [3.05, 3.63) is 51.0 Å². The van der Waals surface area contributed by atoms with E-state index in [1.54, 1.807) is 18.4 Å². The molecular weight excluding hydrogens is 356 g/mol. The van der Waals surface area contributed by atoms with Gasteiger partial charge in [0.25, 0.3) is 0 Å². The van der Waals surface area contributed by atoms with Gasteiger partial charge in [-0.25, -0.2) is 4.98 Å². The normalized spacial score (nSPS) is 10.4. The lowest BCUT2D eigenvalue weighted by Gasteiger charge is -2.06. The number of unbranched alkanes of at least 4 members (excludes halogenated alkanes) is 1. The first-order valence-corrected chi connectivity index (χ1v) is 10.6. The number of carbonyl (C=O) groups excluding carboxylic acids is 1. The average molecular weight is 391 g/mol. The molecule has 0 saturated heterocycles. The first kappa shape index (κ1) is 23.5. The molecule has 0 amide bonds. The lowest BCUT2D eigenvalue weighted by molar-refractivity contribution is 0.111. The maximum Gasteiger partial charge on any atom is 0.169 e. The van der Waals surface area contributed by atoms with Gasteiger partial charge in [-0.05, 0) is 57.2 Å². The topological polar surface area (TPSA) is 51.2 Å². The molecular formula is C22H34N2O2S. The molecule has 0 aliphatic carbocycles. The summed E-state index contributed by atoms with van der Waals surface area (Å²) in [4.78, 5) is 16.1. The fourth-order valence-electron chi connectivity index (χ4n) is 2.58. The molecule has 0 spiro atoms. The summed E-state index contributed by atoms with van der Waals surface area (Å²) >= 11 is 1.60. The molecule has 0 atom stereocenters. The molecule has 1 heterocycles. The highest BCUT2D eigenvalue weighted by molar-refractivity contribution is 7.11. The monoisotopic (exact) mass is 390 g/mol. The van der Waals surface area contributed by atoms with Crippen molar-refractivity contribution in [2.75, 3.05) is 20.3 Å². The number of nitrogens with one attached hydrogen (secondary N) is 1. The quantitative estimate of drug-likeness (QED) is 0.434. The number of aryl methyl sites for hydroxylation is 3. The van der Waals surface area contributed by atoms with Crippen molar-refractivity contribution in [3.8, 4) is 0 Å². The third-order valence-corrected chi connectivity index (χ3v) is 5.17. The van der Waals surface area contributed by atoms with Crippen LogP contribution in [0, 0.1) is 6.92 Å². The predicted octanol–water partition coefficient (Wildman–Crippen LogP) is 4.98. The van der Waals surface area contributed by atoms with Crippen LogP contribution in [-0.4, -0.2) is 31.5 Å². The van der Waals surface area contributed by atoms with Crippen LogP contribution < -0.4 is 5.32 Å². The Morgan fingerprint density at radius 2 is 1.85 bits per heavy atom. The molecule has 0 saturated carbocycles. The summed E-state index contributed by atoms with van der Waals surface area (Å²) in [5.41, 5.74) is 3.46. The Morgan fingerprint density at radius 3 is 2.41 bits per heavy atom. The number of benzene rings is 1. The molecule has 2 rings (SSSR count). The van der Waals surface area contributed by atoms with Crippen molar-refractivity contribution >= 4 is 17.6 Å². The first-order valence-electron chi connectivity index (χ1n) is 9.83. The highest BCUT2D eigenvalue weighted by Crippen LogP contribution is 2.15. The minimum Gasteiger partial charge on any atom is -0.385 e. The number of carbonyl (C=O) groups is 1. The van der Waals surface area contributed by atoms with Crippen molar-refractivity contribution in [2.45, 2.75) is 59.4 Å². The number of rotatable bonds is 11. The van der Waals surface area contributed by atoms with Gasteiger partial charge in [-0.15, -0.1) is 11.3 Å². The van der Waals surface area contributed by atoms with Gasteiger partial charge < -0.3 is 10.1 Å². The summed E-state index contributed by atoms with van der Waals surface area (Å²) in [7, 11) is 1.68. The van der Waals surface area contributed by atoms with E-state index in [1.807, 2.05) is 13.8 Å². The van der Waals surface area contributed by atoms with Gasteiger partial charge in [-0.2, -0.15) is 0 Å². The zero-order chi connectivity index (χ0) is 19.9. The number of hydrogen-bond donors (Lipinski definition) is 1. The molecule has 150 valence electrons. The van der Waals surface area contributed by atoms with Crippen molar-refractivity contribution in [1.29, 1.82) is 0 Å². The van der Waals surface area contributed by atoms with E-state index in [4.69, 9.17) is 0 Å². The van der Waals surface area contributed by atoms with E-state index in [0.717, 1.165) is 48.7 Å². The van der Waals surface area contributed by atoms with Gasteiger partial charge in [-0.1, -0.05) is 37.6 Å². The van der Waals surface area contributed by atoms with Crippen LogP contribution in [0.25, 0.3) is 0 Å². The van der Waals surface area contributed by atoms with Gasteiger partial charge in [0, 0.05) is 25.1 Å². The van der Waals surface area contributed by atoms with E-state index in [1.165, 1.54) is 30.4 Å². The molecule has 0 aliphatic rings.